The Hall–Kier alpha value is -2.52. The van der Waals surface area contributed by atoms with E-state index in [9.17, 15) is 0 Å². The largest absolute Gasteiger partial charge is 0.338 e. The first-order valence-electron chi connectivity index (χ1n) is 8.30. The molecule has 136 valence electrons. The van der Waals surface area contributed by atoms with Crippen LogP contribution in [0.5, 0.6) is 0 Å². The van der Waals surface area contributed by atoms with Crippen LogP contribution in [0.15, 0.2) is 62.9 Å². The summed E-state index contributed by atoms with van der Waals surface area (Å²) in [7, 11) is 0. The van der Waals surface area contributed by atoms with Gasteiger partial charge in [-0.3, -0.25) is 9.55 Å². The van der Waals surface area contributed by atoms with Gasteiger partial charge in [0.2, 0.25) is 5.89 Å². The predicted octanol–water partition coefficient (Wildman–Crippen LogP) is 4.33. The second-order valence-electron chi connectivity index (χ2n) is 5.61. The van der Waals surface area contributed by atoms with Gasteiger partial charge in [0.15, 0.2) is 16.8 Å². The summed E-state index contributed by atoms with van der Waals surface area (Å²) < 4.78 is 8.29. The van der Waals surface area contributed by atoms with E-state index in [1.165, 1.54) is 11.8 Å². The second kappa shape index (κ2) is 8.01. The molecule has 27 heavy (non-hydrogen) atoms. The van der Waals surface area contributed by atoms with Crippen molar-refractivity contribution in [2.24, 2.45) is 0 Å². The van der Waals surface area contributed by atoms with Gasteiger partial charge in [0, 0.05) is 34.5 Å². The van der Waals surface area contributed by atoms with Crippen molar-refractivity contribution in [3.63, 3.8) is 0 Å². The van der Waals surface area contributed by atoms with Crippen molar-refractivity contribution in [3.8, 4) is 17.1 Å². The summed E-state index contributed by atoms with van der Waals surface area (Å²) in [6.07, 6.45) is 4.26. The molecule has 0 N–H and O–H groups in total. The molecule has 1 aromatic carbocycles. The number of nitrogens with zero attached hydrogens (tertiary/aromatic N) is 6. The fraction of sp³-hybridized carbons (Fsp3) is 0.167. The van der Waals surface area contributed by atoms with Crippen LogP contribution in [0, 0.1) is 0 Å². The number of halogens is 1. The van der Waals surface area contributed by atoms with Gasteiger partial charge in [-0.2, -0.15) is 4.98 Å². The van der Waals surface area contributed by atoms with Gasteiger partial charge >= 0.3 is 0 Å². The Labute approximate surface area is 168 Å². The molecule has 0 saturated carbocycles. The van der Waals surface area contributed by atoms with E-state index in [1.807, 2.05) is 47.9 Å². The Morgan fingerprint density at radius 3 is 2.70 bits per heavy atom. The number of hydrogen-bond donors (Lipinski definition) is 0. The van der Waals surface area contributed by atoms with Gasteiger partial charge in [0.1, 0.15) is 0 Å². The quantitative estimate of drug-likeness (QED) is 0.410. The van der Waals surface area contributed by atoms with Crippen LogP contribution in [0.25, 0.3) is 17.1 Å². The number of benzene rings is 1. The molecule has 4 rings (SSSR count). The van der Waals surface area contributed by atoms with Crippen LogP contribution in [-0.2, 0) is 12.2 Å². The van der Waals surface area contributed by atoms with Gasteiger partial charge in [-0.15, -0.1) is 10.2 Å². The van der Waals surface area contributed by atoms with Crippen LogP contribution >= 0.6 is 27.7 Å². The first kappa shape index (κ1) is 17.9. The van der Waals surface area contributed by atoms with E-state index in [0.29, 0.717) is 17.5 Å². The Balaban J connectivity index is 1.70. The van der Waals surface area contributed by atoms with Gasteiger partial charge in [-0.25, -0.2) is 0 Å². The van der Waals surface area contributed by atoms with Gasteiger partial charge in [-0.1, -0.05) is 39.8 Å². The van der Waals surface area contributed by atoms with E-state index in [1.54, 1.807) is 12.4 Å². The summed E-state index contributed by atoms with van der Waals surface area (Å²) in [5.41, 5.74) is 1.86. The molecule has 0 spiro atoms. The highest BCUT2D eigenvalue weighted by atomic mass is 79.9. The molecule has 9 heteroatoms. The number of thioether (sulfide) groups is 1. The Morgan fingerprint density at radius 1 is 1.15 bits per heavy atom. The van der Waals surface area contributed by atoms with Crippen LogP contribution in [-0.4, -0.2) is 29.9 Å². The molecule has 7 nitrogen and oxygen atoms in total. The molecular formula is C18H15BrN6OS. The lowest BCUT2D eigenvalue weighted by Crippen LogP contribution is -2.00. The first-order valence-corrected chi connectivity index (χ1v) is 10.1. The van der Waals surface area contributed by atoms with Crippen LogP contribution in [0.4, 0.5) is 0 Å². The summed E-state index contributed by atoms with van der Waals surface area (Å²) in [4.78, 5) is 8.55. The molecule has 0 bridgehead atoms. The molecule has 0 aliphatic heterocycles. The number of aromatic nitrogens is 6. The number of hydrogen-bond acceptors (Lipinski definition) is 7. The van der Waals surface area contributed by atoms with E-state index in [2.05, 4.69) is 41.3 Å². The fourth-order valence-corrected chi connectivity index (χ4v) is 3.54. The maximum Gasteiger partial charge on any atom is 0.237 e. The third kappa shape index (κ3) is 3.93. The van der Waals surface area contributed by atoms with Crippen molar-refractivity contribution in [1.29, 1.82) is 0 Å². The Morgan fingerprint density at radius 2 is 2.00 bits per heavy atom. The van der Waals surface area contributed by atoms with Gasteiger partial charge in [-0.05, 0) is 36.4 Å². The van der Waals surface area contributed by atoms with Crippen LogP contribution in [0.2, 0.25) is 0 Å². The molecule has 0 radical (unpaired) electrons. The van der Waals surface area contributed by atoms with Crippen molar-refractivity contribution >= 4 is 27.7 Å². The van der Waals surface area contributed by atoms with E-state index in [0.717, 1.165) is 33.1 Å². The summed E-state index contributed by atoms with van der Waals surface area (Å²) in [6, 6.07) is 11.9. The van der Waals surface area contributed by atoms with Crippen molar-refractivity contribution in [1.82, 2.24) is 29.9 Å². The van der Waals surface area contributed by atoms with Gasteiger partial charge in [0.05, 0.1) is 5.75 Å². The first-order chi connectivity index (χ1) is 13.2. The molecule has 0 fully saturated rings. The zero-order valence-corrected chi connectivity index (χ0v) is 16.8. The number of rotatable bonds is 6. The summed E-state index contributed by atoms with van der Waals surface area (Å²) in [5.74, 6) is 2.53. The predicted molar refractivity (Wildman–Crippen MR) is 106 cm³/mol. The average molecular weight is 443 g/mol. The summed E-state index contributed by atoms with van der Waals surface area (Å²) in [6.45, 7) is 1.99. The Kier molecular flexibility index (Phi) is 5.30. The highest BCUT2D eigenvalue weighted by Gasteiger charge is 2.17. The van der Waals surface area contributed by atoms with Gasteiger partial charge in [0.25, 0.3) is 0 Å². The zero-order valence-electron chi connectivity index (χ0n) is 14.4. The van der Waals surface area contributed by atoms with E-state index in [4.69, 9.17) is 4.52 Å². The summed E-state index contributed by atoms with van der Waals surface area (Å²) >= 11 is 4.98. The van der Waals surface area contributed by atoms with Crippen LogP contribution in [0.1, 0.15) is 18.6 Å². The minimum atomic E-state index is 0.523. The third-order valence-electron chi connectivity index (χ3n) is 3.79. The highest BCUT2D eigenvalue weighted by Crippen LogP contribution is 2.29. The topological polar surface area (TPSA) is 82.5 Å². The molecule has 0 aliphatic rings. The van der Waals surface area contributed by atoms with Crippen molar-refractivity contribution in [3.05, 3.63) is 65.0 Å². The highest BCUT2D eigenvalue weighted by molar-refractivity contribution is 9.10. The molecule has 0 atom stereocenters. The van der Waals surface area contributed by atoms with Crippen molar-refractivity contribution in [2.75, 3.05) is 0 Å². The third-order valence-corrected chi connectivity index (χ3v) is 5.23. The lowest BCUT2D eigenvalue weighted by molar-refractivity contribution is 0.385. The summed E-state index contributed by atoms with van der Waals surface area (Å²) in [5, 5.41) is 13.4. The fourth-order valence-electron chi connectivity index (χ4n) is 2.49. The Bertz CT molecular complexity index is 1030. The molecule has 3 aromatic heterocycles. The van der Waals surface area contributed by atoms with Gasteiger partial charge < -0.3 is 4.52 Å². The zero-order chi connectivity index (χ0) is 18.6. The molecule has 0 unspecified atom stereocenters. The molecule has 0 amide bonds. The van der Waals surface area contributed by atoms with Crippen LogP contribution in [0.3, 0.4) is 0 Å². The SMILES string of the molecule is CCc1noc(CSc2nnc(-c3cccnc3)n2-c2ccc(Br)cc2)n1. The van der Waals surface area contributed by atoms with Crippen molar-refractivity contribution < 1.29 is 4.52 Å². The molecule has 0 aliphatic carbocycles. The second-order valence-corrected chi connectivity index (χ2v) is 7.46. The number of aryl methyl sites for hydroxylation is 1. The molecule has 0 saturated heterocycles. The lowest BCUT2D eigenvalue weighted by Gasteiger charge is -2.10. The van der Waals surface area contributed by atoms with E-state index < -0.39 is 0 Å². The van der Waals surface area contributed by atoms with Crippen LogP contribution < -0.4 is 0 Å². The monoisotopic (exact) mass is 442 g/mol. The smallest absolute Gasteiger partial charge is 0.237 e. The molecule has 3 heterocycles. The molecule has 4 aromatic rings. The van der Waals surface area contributed by atoms with E-state index in [-0.39, 0.29) is 0 Å². The minimum absolute atomic E-state index is 0.523. The molecular weight excluding hydrogens is 428 g/mol. The maximum atomic E-state index is 5.27. The normalized spacial score (nSPS) is 11.0. The minimum Gasteiger partial charge on any atom is -0.338 e. The van der Waals surface area contributed by atoms with Crippen molar-refractivity contribution in [2.45, 2.75) is 24.3 Å². The lowest BCUT2D eigenvalue weighted by atomic mass is 10.2. The average Bonchev–Trinajstić information content (AvgIpc) is 3.34. The maximum absolute atomic E-state index is 5.27. The van der Waals surface area contributed by atoms with E-state index >= 15 is 0 Å². The standard InChI is InChI=1S/C18H15BrN6OS/c1-2-15-21-16(26-24-15)11-27-18-23-22-17(12-4-3-9-20-10-12)25(18)14-7-5-13(19)6-8-14/h3-10H,2,11H2,1H3. The number of pyridine rings is 1.